The van der Waals surface area contributed by atoms with Gasteiger partial charge in [0.1, 0.15) is 0 Å². The van der Waals surface area contributed by atoms with Crippen LogP contribution in [0.2, 0.25) is 0 Å². The van der Waals surface area contributed by atoms with Crippen LogP contribution in [0.25, 0.3) is 0 Å². The highest BCUT2D eigenvalue weighted by molar-refractivity contribution is 4.62. The first-order chi connectivity index (χ1) is 6.20. The molecule has 0 unspecified atom stereocenters. The zero-order valence-corrected chi connectivity index (χ0v) is 9.05. The first-order valence-corrected chi connectivity index (χ1v) is 5.08. The molecule has 80 valence electrons. The smallest absolute Gasteiger partial charge is 0.0636 e. The first kappa shape index (κ1) is 12.9. The van der Waals surface area contributed by atoms with E-state index in [1.807, 2.05) is 0 Å². The van der Waals surface area contributed by atoms with Crippen molar-refractivity contribution < 1.29 is 9.84 Å². The summed E-state index contributed by atoms with van der Waals surface area (Å²) in [7, 11) is 1.73. The van der Waals surface area contributed by atoms with Crippen LogP contribution in [0.4, 0.5) is 0 Å². The number of rotatable bonds is 8. The average molecular weight is 189 g/mol. The predicted octanol–water partition coefficient (Wildman–Crippen LogP) is 1.02. The lowest BCUT2D eigenvalue weighted by atomic mass is 10.0. The van der Waals surface area contributed by atoms with E-state index in [4.69, 9.17) is 9.84 Å². The van der Waals surface area contributed by atoms with E-state index in [0.29, 0.717) is 12.5 Å². The fraction of sp³-hybridized carbons (Fsp3) is 1.00. The minimum Gasteiger partial charge on any atom is -0.392 e. The Morgan fingerprint density at radius 3 is 2.54 bits per heavy atom. The summed E-state index contributed by atoms with van der Waals surface area (Å²) >= 11 is 0. The first-order valence-electron chi connectivity index (χ1n) is 5.08. The lowest BCUT2D eigenvalue weighted by Crippen LogP contribution is -2.29. The molecule has 0 heterocycles. The van der Waals surface area contributed by atoms with Crippen LogP contribution in [0.15, 0.2) is 0 Å². The molecule has 0 radical (unpaired) electrons. The number of aliphatic hydroxyl groups is 1. The standard InChI is InChI=1S/C10H23NO2/c1-4-10(5-6-13-3)8-11-7-9(2)12/h9-12H,4-8H2,1-3H3/t9-,10+/m0/s1. The molecule has 0 fully saturated rings. The zero-order valence-electron chi connectivity index (χ0n) is 9.05. The average Bonchev–Trinajstić information content (AvgIpc) is 2.10. The van der Waals surface area contributed by atoms with E-state index >= 15 is 0 Å². The van der Waals surface area contributed by atoms with Gasteiger partial charge in [-0.2, -0.15) is 0 Å². The predicted molar refractivity (Wildman–Crippen MR) is 54.8 cm³/mol. The van der Waals surface area contributed by atoms with Gasteiger partial charge in [0.15, 0.2) is 0 Å². The van der Waals surface area contributed by atoms with Crippen LogP contribution < -0.4 is 5.32 Å². The number of methoxy groups -OCH3 is 1. The summed E-state index contributed by atoms with van der Waals surface area (Å²) in [6, 6.07) is 0. The lowest BCUT2D eigenvalue weighted by molar-refractivity contribution is 0.168. The normalized spacial score (nSPS) is 15.7. The highest BCUT2D eigenvalue weighted by atomic mass is 16.5. The fourth-order valence-corrected chi connectivity index (χ4v) is 1.23. The Balaban J connectivity index is 3.36. The second-order valence-electron chi connectivity index (χ2n) is 3.56. The molecule has 2 N–H and O–H groups in total. The topological polar surface area (TPSA) is 41.5 Å². The van der Waals surface area contributed by atoms with Crippen molar-refractivity contribution in [3.8, 4) is 0 Å². The zero-order chi connectivity index (χ0) is 10.1. The number of hydrogen-bond donors (Lipinski definition) is 2. The van der Waals surface area contributed by atoms with Crippen molar-refractivity contribution >= 4 is 0 Å². The lowest BCUT2D eigenvalue weighted by Gasteiger charge is -2.15. The maximum absolute atomic E-state index is 9.03. The molecule has 0 aromatic heterocycles. The molecule has 0 saturated heterocycles. The van der Waals surface area contributed by atoms with Crippen molar-refractivity contribution in [2.24, 2.45) is 5.92 Å². The minimum atomic E-state index is -0.250. The molecule has 2 atom stereocenters. The van der Waals surface area contributed by atoms with Crippen LogP contribution in [0.5, 0.6) is 0 Å². The van der Waals surface area contributed by atoms with Crippen molar-refractivity contribution in [1.29, 1.82) is 0 Å². The van der Waals surface area contributed by atoms with Gasteiger partial charge >= 0.3 is 0 Å². The third kappa shape index (κ3) is 8.22. The van der Waals surface area contributed by atoms with Crippen molar-refractivity contribution in [2.45, 2.75) is 32.8 Å². The van der Waals surface area contributed by atoms with Gasteiger partial charge in [-0.1, -0.05) is 13.3 Å². The number of aliphatic hydroxyl groups excluding tert-OH is 1. The maximum Gasteiger partial charge on any atom is 0.0636 e. The van der Waals surface area contributed by atoms with E-state index in [9.17, 15) is 0 Å². The summed E-state index contributed by atoms with van der Waals surface area (Å²) in [4.78, 5) is 0. The van der Waals surface area contributed by atoms with Gasteiger partial charge in [-0.3, -0.25) is 0 Å². The van der Waals surface area contributed by atoms with Crippen LogP contribution in [0.1, 0.15) is 26.7 Å². The van der Waals surface area contributed by atoms with Gasteiger partial charge in [0.25, 0.3) is 0 Å². The molecule has 0 spiro atoms. The quantitative estimate of drug-likeness (QED) is 0.599. The summed E-state index contributed by atoms with van der Waals surface area (Å²) < 4.78 is 5.02. The maximum atomic E-state index is 9.03. The van der Waals surface area contributed by atoms with Gasteiger partial charge in [-0.05, 0) is 25.8 Å². The molecule has 0 aliphatic rings. The van der Waals surface area contributed by atoms with Gasteiger partial charge in [0.2, 0.25) is 0 Å². The van der Waals surface area contributed by atoms with Gasteiger partial charge in [-0.25, -0.2) is 0 Å². The molecule has 13 heavy (non-hydrogen) atoms. The van der Waals surface area contributed by atoms with Crippen LogP contribution >= 0.6 is 0 Å². The van der Waals surface area contributed by atoms with Crippen LogP contribution in [-0.4, -0.2) is 38.0 Å². The molecule has 3 heteroatoms. The molecular weight excluding hydrogens is 166 g/mol. The monoisotopic (exact) mass is 189 g/mol. The van der Waals surface area contributed by atoms with E-state index in [1.54, 1.807) is 14.0 Å². The van der Waals surface area contributed by atoms with E-state index in [0.717, 1.165) is 26.0 Å². The van der Waals surface area contributed by atoms with Gasteiger partial charge in [0, 0.05) is 20.3 Å². The summed E-state index contributed by atoms with van der Waals surface area (Å²) in [6.45, 7) is 6.47. The third-order valence-electron chi connectivity index (χ3n) is 2.18. The second kappa shape index (κ2) is 8.48. The molecule has 0 amide bonds. The summed E-state index contributed by atoms with van der Waals surface area (Å²) in [5, 5.41) is 12.3. The second-order valence-corrected chi connectivity index (χ2v) is 3.56. The Labute approximate surface area is 81.5 Å². The Bertz CT molecular complexity index is 107. The van der Waals surface area contributed by atoms with Crippen LogP contribution in [0.3, 0.4) is 0 Å². The summed E-state index contributed by atoms with van der Waals surface area (Å²) in [6.07, 6.45) is 2.01. The molecule has 0 rings (SSSR count). The van der Waals surface area contributed by atoms with Crippen molar-refractivity contribution in [3.63, 3.8) is 0 Å². The van der Waals surface area contributed by atoms with Gasteiger partial charge in [-0.15, -0.1) is 0 Å². The largest absolute Gasteiger partial charge is 0.392 e. The van der Waals surface area contributed by atoms with E-state index in [-0.39, 0.29) is 6.10 Å². The molecule has 3 nitrogen and oxygen atoms in total. The van der Waals surface area contributed by atoms with E-state index < -0.39 is 0 Å². The Hall–Kier alpha value is -0.120. The highest BCUT2D eigenvalue weighted by Gasteiger charge is 2.05. The molecule has 0 saturated carbocycles. The van der Waals surface area contributed by atoms with E-state index in [2.05, 4.69) is 12.2 Å². The van der Waals surface area contributed by atoms with Crippen molar-refractivity contribution in [3.05, 3.63) is 0 Å². The molecule has 0 aromatic carbocycles. The van der Waals surface area contributed by atoms with Crippen LogP contribution in [-0.2, 0) is 4.74 Å². The van der Waals surface area contributed by atoms with Crippen molar-refractivity contribution in [1.82, 2.24) is 5.32 Å². The SMILES string of the molecule is CC[C@H](CCOC)CNC[C@H](C)O. The van der Waals surface area contributed by atoms with Gasteiger partial charge in [0.05, 0.1) is 6.10 Å². The molecule has 0 aliphatic heterocycles. The summed E-state index contributed by atoms with van der Waals surface area (Å²) in [5.74, 6) is 0.665. The summed E-state index contributed by atoms with van der Waals surface area (Å²) in [5.41, 5.74) is 0. The van der Waals surface area contributed by atoms with Crippen molar-refractivity contribution in [2.75, 3.05) is 26.8 Å². The fourth-order valence-electron chi connectivity index (χ4n) is 1.23. The molecular formula is C10H23NO2. The Kier molecular flexibility index (Phi) is 8.40. The molecule has 0 aliphatic carbocycles. The Morgan fingerprint density at radius 1 is 1.38 bits per heavy atom. The minimum absolute atomic E-state index is 0.250. The number of nitrogens with one attached hydrogen (secondary N) is 1. The molecule has 0 bridgehead atoms. The number of hydrogen-bond acceptors (Lipinski definition) is 3. The van der Waals surface area contributed by atoms with Crippen LogP contribution in [0, 0.1) is 5.92 Å². The Morgan fingerprint density at radius 2 is 2.08 bits per heavy atom. The third-order valence-corrected chi connectivity index (χ3v) is 2.18. The molecule has 0 aromatic rings. The number of ether oxygens (including phenoxy) is 1. The van der Waals surface area contributed by atoms with Gasteiger partial charge < -0.3 is 15.2 Å². The highest BCUT2D eigenvalue weighted by Crippen LogP contribution is 2.06. The van der Waals surface area contributed by atoms with E-state index in [1.165, 1.54) is 0 Å².